The molecule has 2 amide bonds. The highest BCUT2D eigenvalue weighted by Gasteiger charge is 2.41. The molecule has 0 radical (unpaired) electrons. The molecule has 0 spiro atoms. The Balaban J connectivity index is 1.53. The van der Waals surface area contributed by atoms with Crippen molar-refractivity contribution in [3.63, 3.8) is 0 Å². The molecule has 3 N–H and O–H groups in total. The average Bonchev–Trinajstić information content (AvgIpc) is 3.26. The summed E-state index contributed by atoms with van der Waals surface area (Å²) in [7, 11) is 0. The van der Waals surface area contributed by atoms with Crippen LogP contribution in [0.5, 0.6) is 0 Å². The number of unbranched alkanes of at least 4 members (excludes halogenated alkanes) is 1. The van der Waals surface area contributed by atoms with Gasteiger partial charge in [-0.3, -0.25) is 9.69 Å². The Hall–Kier alpha value is -3.94. The molecular formula is C28H36F2N6O3. The van der Waals surface area contributed by atoms with Crippen LogP contribution < -0.4 is 16.0 Å². The van der Waals surface area contributed by atoms with E-state index < -0.39 is 29.8 Å². The molecular weight excluding hydrogens is 506 g/mol. The predicted octanol–water partition coefficient (Wildman–Crippen LogP) is 4.78. The SMILES string of the molecule is CCCNc1nc(Nc2cccc(F)c2)ncc1C#CCCCNC(=O)[C@@H]1C[C@H](F)CN1C(=O)OC(C)(C)C. The molecule has 2 atom stereocenters. The first-order chi connectivity index (χ1) is 18.6. The standard InChI is InChI=1S/C28H36F2N6O3/c1-5-13-31-24-19(17-33-26(35-24)34-22-12-9-11-20(29)15-22)10-7-6-8-14-32-25(37)23-16-21(30)18-36(23)27(38)39-28(2,3)4/h9,11-12,15,17,21,23H,5-6,8,13-14,16,18H2,1-4H3,(H,32,37)(H2,31,33,34,35)/t21-,23-/m0/s1. The Morgan fingerprint density at radius 3 is 2.77 bits per heavy atom. The van der Waals surface area contributed by atoms with E-state index in [0.29, 0.717) is 48.9 Å². The van der Waals surface area contributed by atoms with E-state index in [1.165, 1.54) is 12.1 Å². The summed E-state index contributed by atoms with van der Waals surface area (Å²) in [4.78, 5) is 35.0. The molecule has 39 heavy (non-hydrogen) atoms. The molecule has 0 bridgehead atoms. The minimum absolute atomic E-state index is 0.0531. The van der Waals surface area contributed by atoms with Gasteiger partial charge in [-0.1, -0.05) is 24.8 Å². The summed E-state index contributed by atoms with van der Waals surface area (Å²) in [6.45, 7) is 8.05. The van der Waals surface area contributed by atoms with E-state index in [1.807, 2.05) is 6.92 Å². The number of hydrogen-bond acceptors (Lipinski definition) is 7. The lowest BCUT2D eigenvalue weighted by molar-refractivity contribution is -0.125. The van der Waals surface area contributed by atoms with Crippen molar-refractivity contribution in [3.05, 3.63) is 41.8 Å². The Labute approximate surface area is 228 Å². The number of nitrogens with one attached hydrogen (secondary N) is 3. The van der Waals surface area contributed by atoms with Crippen molar-refractivity contribution >= 4 is 29.5 Å². The number of ether oxygens (including phenoxy) is 1. The van der Waals surface area contributed by atoms with Crippen LogP contribution in [0.4, 0.5) is 31.0 Å². The van der Waals surface area contributed by atoms with Crippen molar-refractivity contribution in [3.8, 4) is 11.8 Å². The molecule has 1 aliphatic heterocycles. The summed E-state index contributed by atoms with van der Waals surface area (Å²) >= 11 is 0. The average molecular weight is 543 g/mol. The molecule has 9 nitrogen and oxygen atoms in total. The lowest BCUT2D eigenvalue weighted by Gasteiger charge is -2.27. The van der Waals surface area contributed by atoms with E-state index >= 15 is 0 Å². The van der Waals surface area contributed by atoms with Gasteiger partial charge in [0.1, 0.15) is 29.4 Å². The van der Waals surface area contributed by atoms with Crippen LogP contribution in [0.1, 0.15) is 58.9 Å². The van der Waals surface area contributed by atoms with Crippen LogP contribution in [0.2, 0.25) is 0 Å². The molecule has 11 heteroatoms. The van der Waals surface area contributed by atoms with Crippen molar-refractivity contribution in [1.29, 1.82) is 0 Å². The van der Waals surface area contributed by atoms with Gasteiger partial charge >= 0.3 is 6.09 Å². The van der Waals surface area contributed by atoms with Crippen LogP contribution in [0.3, 0.4) is 0 Å². The van der Waals surface area contributed by atoms with Crippen molar-refractivity contribution in [2.45, 2.75) is 71.2 Å². The van der Waals surface area contributed by atoms with Crippen LogP contribution in [0, 0.1) is 17.7 Å². The van der Waals surface area contributed by atoms with Gasteiger partial charge in [0.15, 0.2) is 0 Å². The third-order valence-corrected chi connectivity index (χ3v) is 5.59. The number of amides is 2. The number of benzene rings is 1. The fourth-order valence-corrected chi connectivity index (χ4v) is 3.83. The molecule has 210 valence electrons. The Kier molecular flexibility index (Phi) is 10.4. The number of halogens is 2. The van der Waals surface area contributed by atoms with E-state index in [9.17, 15) is 18.4 Å². The van der Waals surface area contributed by atoms with Crippen molar-refractivity contribution in [2.75, 3.05) is 30.3 Å². The van der Waals surface area contributed by atoms with E-state index in [0.717, 1.165) is 11.3 Å². The molecule has 1 saturated heterocycles. The van der Waals surface area contributed by atoms with Crippen LogP contribution >= 0.6 is 0 Å². The first kappa shape index (κ1) is 29.6. The van der Waals surface area contributed by atoms with E-state index in [4.69, 9.17) is 4.74 Å². The van der Waals surface area contributed by atoms with Gasteiger partial charge in [-0.2, -0.15) is 4.98 Å². The van der Waals surface area contributed by atoms with E-state index in [-0.39, 0.29) is 18.8 Å². The first-order valence-corrected chi connectivity index (χ1v) is 13.1. The molecule has 0 unspecified atom stereocenters. The largest absolute Gasteiger partial charge is 0.444 e. The number of alkyl halides is 1. The number of anilines is 3. The van der Waals surface area contributed by atoms with Crippen LogP contribution in [0.15, 0.2) is 30.5 Å². The molecule has 0 saturated carbocycles. The second-order valence-electron chi connectivity index (χ2n) is 10.2. The maximum Gasteiger partial charge on any atom is 0.411 e. The summed E-state index contributed by atoms with van der Waals surface area (Å²) in [5, 5.41) is 8.99. The van der Waals surface area contributed by atoms with Crippen molar-refractivity contribution in [2.24, 2.45) is 0 Å². The zero-order valence-corrected chi connectivity index (χ0v) is 22.8. The van der Waals surface area contributed by atoms with E-state index in [1.54, 1.807) is 39.1 Å². The van der Waals surface area contributed by atoms with Gasteiger partial charge in [0.05, 0.1) is 18.3 Å². The summed E-state index contributed by atoms with van der Waals surface area (Å²) in [5.41, 5.74) is 0.414. The second-order valence-corrected chi connectivity index (χ2v) is 10.2. The van der Waals surface area contributed by atoms with Crippen LogP contribution in [-0.2, 0) is 9.53 Å². The van der Waals surface area contributed by atoms with Crippen molar-refractivity contribution < 1.29 is 23.1 Å². The van der Waals surface area contributed by atoms with Gasteiger partial charge in [0.2, 0.25) is 11.9 Å². The fraction of sp³-hybridized carbons (Fsp3) is 0.500. The van der Waals surface area contributed by atoms with Gasteiger partial charge in [-0.25, -0.2) is 18.6 Å². The van der Waals surface area contributed by atoms with Crippen LogP contribution in [0.25, 0.3) is 0 Å². The highest BCUT2D eigenvalue weighted by atomic mass is 19.1. The number of carbonyl (C=O) groups excluding carboxylic acids is 2. The highest BCUT2D eigenvalue weighted by molar-refractivity contribution is 5.86. The number of hydrogen-bond donors (Lipinski definition) is 3. The first-order valence-electron chi connectivity index (χ1n) is 13.1. The lowest BCUT2D eigenvalue weighted by Crippen LogP contribution is -2.47. The Morgan fingerprint density at radius 2 is 2.05 bits per heavy atom. The Morgan fingerprint density at radius 1 is 1.26 bits per heavy atom. The number of aromatic nitrogens is 2. The molecule has 1 fully saturated rings. The number of nitrogens with zero attached hydrogens (tertiary/aromatic N) is 3. The molecule has 0 aliphatic carbocycles. The number of rotatable bonds is 9. The summed E-state index contributed by atoms with van der Waals surface area (Å²) in [6, 6.07) is 5.13. The molecule has 1 aliphatic rings. The fourth-order valence-electron chi connectivity index (χ4n) is 3.83. The monoisotopic (exact) mass is 542 g/mol. The molecule has 1 aromatic heterocycles. The predicted molar refractivity (Wildman–Crippen MR) is 146 cm³/mol. The third kappa shape index (κ3) is 9.39. The maximum atomic E-state index is 14.0. The van der Waals surface area contributed by atoms with Crippen molar-refractivity contribution in [1.82, 2.24) is 20.2 Å². The van der Waals surface area contributed by atoms with Gasteiger partial charge in [0.25, 0.3) is 0 Å². The summed E-state index contributed by atoms with van der Waals surface area (Å²) in [6.07, 6.45) is 1.52. The Bertz CT molecular complexity index is 1210. The van der Waals surface area contributed by atoms with Gasteiger partial charge in [0, 0.05) is 31.6 Å². The second kappa shape index (κ2) is 13.7. The van der Waals surface area contributed by atoms with Gasteiger partial charge in [-0.15, -0.1) is 0 Å². The third-order valence-electron chi connectivity index (χ3n) is 5.59. The molecule has 1 aromatic carbocycles. The zero-order chi connectivity index (χ0) is 28.4. The highest BCUT2D eigenvalue weighted by Crippen LogP contribution is 2.23. The molecule has 3 rings (SSSR count). The zero-order valence-electron chi connectivity index (χ0n) is 22.8. The number of carbonyl (C=O) groups is 2. The molecule has 2 aromatic rings. The van der Waals surface area contributed by atoms with E-state index in [2.05, 4.69) is 37.8 Å². The smallest absolute Gasteiger partial charge is 0.411 e. The van der Waals surface area contributed by atoms with Crippen LogP contribution in [-0.4, -0.2) is 64.3 Å². The summed E-state index contributed by atoms with van der Waals surface area (Å²) < 4.78 is 32.8. The van der Waals surface area contributed by atoms with Gasteiger partial charge in [-0.05, 0) is 51.8 Å². The topological polar surface area (TPSA) is 108 Å². The normalized spacial score (nSPS) is 16.7. The maximum absolute atomic E-state index is 14.0. The summed E-state index contributed by atoms with van der Waals surface area (Å²) in [5.74, 6) is 6.23. The molecule has 2 heterocycles. The lowest BCUT2D eigenvalue weighted by atomic mass is 10.2. The number of likely N-dealkylation sites (tertiary alicyclic amines) is 1. The minimum atomic E-state index is -1.27. The quantitative estimate of drug-likeness (QED) is 0.309. The minimum Gasteiger partial charge on any atom is -0.444 e. The van der Waals surface area contributed by atoms with Gasteiger partial charge < -0.3 is 20.7 Å².